The number of rotatable bonds is 3. The van der Waals surface area contributed by atoms with Crippen LogP contribution in [-0.2, 0) is 0 Å². The Hall–Kier alpha value is -2.77. The summed E-state index contributed by atoms with van der Waals surface area (Å²) in [6, 6.07) is 10.4. The molecule has 4 rings (SSSR count). The second kappa shape index (κ2) is 6.86. The minimum Gasteiger partial charge on any atom is -0.486 e. The maximum Gasteiger partial charge on any atom is 0.292 e. The fourth-order valence-corrected chi connectivity index (χ4v) is 2.86. The largest absolute Gasteiger partial charge is 0.486 e. The van der Waals surface area contributed by atoms with Gasteiger partial charge in [0.05, 0.1) is 15.7 Å². The van der Waals surface area contributed by atoms with E-state index < -0.39 is 5.56 Å². The number of hydrogen-bond donors (Lipinski definition) is 2. The van der Waals surface area contributed by atoms with Gasteiger partial charge in [-0.1, -0.05) is 29.3 Å². The van der Waals surface area contributed by atoms with Crippen LogP contribution in [0, 0.1) is 0 Å². The lowest BCUT2D eigenvalue weighted by atomic mass is 10.1. The van der Waals surface area contributed by atoms with Crippen molar-refractivity contribution >= 4 is 34.6 Å². The summed E-state index contributed by atoms with van der Waals surface area (Å²) < 4.78 is 11.1. The lowest BCUT2D eigenvalue weighted by Crippen LogP contribution is -2.15. The minimum atomic E-state index is -0.406. The molecular weight excluding hydrogens is 379 g/mol. The van der Waals surface area contributed by atoms with E-state index in [1.54, 1.807) is 36.4 Å². The number of hydrogen-bond acceptors (Lipinski definition) is 5. The first-order valence-electron chi connectivity index (χ1n) is 7.70. The summed E-state index contributed by atoms with van der Waals surface area (Å²) in [4.78, 5) is 12.1. The molecule has 2 N–H and O–H groups in total. The summed E-state index contributed by atoms with van der Waals surface area (Å²) in [6.45, 7) is 0.979. The van der Waals surface area contributed by atoms with Crippen LogP contribution in [0.15, 0.2) is 51.4 Å². The van der Waals surface area contributed by atoms with E-state index in [1.165, 1.54) is 0 Å². The smallest absolute Gasteiger partial charge is 0.292 e. The summed E-state index contributed by atoms with van der Waals surface area (Å²) >= 11 is 12.1. The van der Waals surface area contributed by atoms with Gasteiger partial charge in [0.15, 0.2) is 17.2 Å². The molecule has 9 heteroatoms. The zero-order valence-electron chi connectivity index (χ0n) is 13.3. The van der Waals surface area contributed by atoms with Gasteiger partial charge in [-0.3, -0.25) is 15.0 Å². The molecule has 0 bridgehead atoms. The first-order chi connectivity index (χ1) is 12.6. The van der Waals surface area contributed by atoms with Crippen molar-refractivity contribution < 1.29 is 9.47 Å². The van der Waals surface area contributed by atoms with Crippen molar-refractivity contribution in [3.63, 3.8) is 0 Å². The number of benzene rings is 2. The first kappa shape index (κ1) is 16.7. The molecule has 2 heterocycles. The molecule has 1 aliphatic rings. The zero-order valence-corrected chi connectivity index (χ0v) is 14.8. The van der Waals surface area contributed by atoms with Crippen LogP contribution < -0.4 is 15.0 Å². The van der Waals surface area contributed by atoms with Crippen molar-refractivity contribution in [2.24, 2.45) is 10.2 Å². The number of fused-ring (bicyclic) bond motifs is 1. The third-order valence-electron chi connectivity index (χ3n) is 3.77. The Morgan fingerprint density at radius 3 is 2.62 bits per heavy atom. The van der Waals surface area contributed by atoms with Gasteiger partial charge in [0.1, 0.15) is 18.9 Å². The van der Waals surface area contributed by atoms with E-state index in [-0.39, 0.29) is 10.7 Å². The molecule has 0 saturated carbocycles. The predicted octanol–water partition coefficient (Wildman–Crippen LogP) is 4.86. The number of nitrogens with one attached hydrogen (secondary N) is 2. The average Bonchev–Trinajstić information content (AvgIpc) is 3.03. The van der Waals surface area contributed by atoms with Crippen molar-refractivity contribution in [3.8, 4) is 22.8 Å². The van der Waals surface area contributed by atoms with Gasteiger partial charge in [-0.15, -0.1) is 10.2 Å². The van der Waals surface area contributed by atoms with Crippen LogP contribution in [0.4, 0.5) is 11.4 Å². The maximum absolute atomic E-state index is 12.1. The van der Waals surface area contributed by atoms with Crippen LogP contribution in [0.1, 0.15) is 0 Å². The van der Waals surface area contributed by atoms with Crippen molar-refractivity contribution in [1.29, 1.82) is 0 Å². The van der Waals surface area contributed by atoms with Crippen molar-refractivity contribution in [1.82, 2.24) is 10.2 Å². The summed E-state index contributed by atoms with van der Waals surface area (Å²) in [6.07, 6.45) is 0. The Morgan fingerprint density at radius 2 is 1.77 bits per heavy atom. The molecule has 0 saturated heterocycles. The highest BCUT2D eigenvalue weighted by atomic mass is 35.5. The topological polar surface area (TPSA) is 91.8 Å². The molecule has 26 heavy (non-hydrogen) atoms. The van der Waals surface area contributed by atoms with Crippen LogP contribution in [-0.4, -0.2) is 23.4 Å². The zero-order chi connectivity index (χ0) is 18.1. The van der Waals surface area contributed by atoms with Gasteiger partial charge in [-0.2, -0.15) is 0 Å². The molecule has 2 aromatic carbocycles. The third-order valence-corrected chi connectivity index (χ3v) is 4.58. The van der Waals surface area contributed by atoms with E-state index in [0.717, 1.165) is 0 Å². The van der Waals surface area contributed by atoms with E-state index in [0.29, 0.717) is 46.7 Å². The maximum atomic E-state index is 12.1. The van der Waals surface area contributed by atoms with Gasteiger partial charge < -0.3 is 9.47 Å². The normalized spacial score (nSPS) is 13.3. The molecule has 1 aliphatic heterocycles. The molecule has 1 aromatic heterocycles. The molecule has 0 unspecified atom stereocenters. The molecule has 0 spiro atoms. The average molecular weight is 391 g/mol. The summed E-state index contributed by atoms with van der Waals surface area (Å²) in [5, 5.41) is 14.1. The number of ether oxygens (including phenoxy) is 2. The molecule has 0 atom stereocenters. The number of nitrogens with zero attached hydrogens (tertiary/aromatic N) is 2. The van der Waals surface area contributed by atoms with Crippen LogP contribution in [0.25, 0.3) is 11.3 Å². The number of aromatic amines is 2. The lowest BCUT2D eigenvalue weighted by Gasteiger charge is -2.18. The highest BCUT2D eigenvalue weighted by Gasteiger charge is 2.17. The predicted molar refractivity (Wildman–Crippen MR) is 98.5 cm³/mol. The second-order valence-electron chi connectivity index (χ2n) is 5.43. The van der Waals surface area contributed by atoms with Crippen LogP contribution in [0.2, 0.25) is 10.0 Å². The number of H-pyrrole nitrogens is 2. The van der Waals surface area contributed by atoms with Crippen molar-refractivity contribution in [3.05, 3.63) is 56.8 Å². The first-order valence-corrected chi connectivity index (χ1v) is 8.45. The Balaban J connectivity index is 1.73. The monoisotopic (exact) mass is 390 g/mol. The summed E-state index contributed by atoms with van der Waals surface area (Å²) in [7, 11) is 0. The van der Waals surface area contributed by atoms with Crippen LogP contribution in [0.5, 0.6) is 11.5 Å². The van der Waals surface area contributed by atoms with Gasteiger partial charge in [0.25, 0.3) is 5.56 Å². The molecule has 0 radical (unpaired) electrons. The van der Waals surface area contributed by atoms with Crippen molar-refractivity contribution in [2.75, 3.05) is 13.2 Å². The Bertz CT molecular complexity index is 1060. The van der Waals surface area contributed by atoms with Crippen molar-refractivity contribution in [2.45, 2.75) is 0 Å². The van der Waals surface area contributed by atoms with E-state index in [1.807, 2.05) is 0 Å². The fourth-order valence-electron chi connectivity index (χ4n) is 2.53. The van der Waals surface area contributed by atoms with Crippen LogP contribution >= 0.6 is 23.2 Å². The van der Waals surface area contributed by atoms with Gasteiger partial charge in [0, 0.05) is 5.56 Å². The van der Waals surface area contributed by atoms with E-state index in [2.05, 4.69) is 20.4 Å². The molecule has 0 aliphatic carbocycles. The minimum absolute atomic E-state index is 0.123. The lowest BCUT2D eigenvalue weighted by molar-refractivity contribution is 0.171. The van der Waals surface area contributed by atoms with Gasteiger partial charge in [-0.05, 0) is 30.3 Å². The molecule has 0 amide bonds. The van der Waals surface area contributed by atoms with Crippen LogP contribution in [0.3, 0.4) is 0 Å². The van der Waals surface area contributed by atoms with Gasteiger partial charge >= 0.3 is 0 Å². The molecule has 3 aromatic rings. The Morgan fingerprint density at radius 1 is 0.962 bits per heavy atom. The number of halogens is 2. The quantitative estimate of drug-likeness (QED) is 0.625. The molecule has 0 fully saturated rings. The highest BCUT2D eigenvalue weighted by Crippen LogP contribution is 2.37. The van der Waals surface area contributed by atoms with Gasteiger partial charge in [-0.25, -0.2) is 0 Å². The second-order valence-corrected chi connectivity index (χ2v) is 6.22. The highest BCUT2D eigenvalue weighted by molar-refractivity contribution is 6.43. The fraction of sp³-hybridized carbons (Fsp3) is 0.118. The summed E-state index contributed by atoms with van der Waals surface area (Å²) in [5.41, 5.74) is 1.27. The standard InChI is InChI=1S/C17H12Cl2N4O3/c18-10-2-1-3-11(14(10)19)20-22-16-15(21-23-17(16)24)9-4-5-12-13(8-9)26-7-6-25-12/h1-5,8H,6-7H2,(H2,21,23,24). The SMILES string of the molecule is O=c1[nH][nH]c(-c2ccc3c(c2)OCCO3)c1N=Nc1cccc(Cl)c1Cl. The number of azo groups is 1. The molecule has 7 nitrogen and oxygen atoms in total. The van der Waals surface area contributed by atoms with E-state index in [9.17, 15) is 4.79 Å². The molecule has 132 valence electrons. The van der Waals surface area contributed by atoms with E-state index >= 15 is 0 Å². The Kier molecular flexibility index (Phi) is 4.40. The molecular formula is C17H12Cl2N4O3. The van der Waals surface area contributed by atoms with Gasteiger partial charge in [0.2, 0.25) is 0 Å². The summed E-state index contributed by atoms with van der Waals surface area (Å²) in [5.74, 6) is 1.27. The third kappa shape index (κ3) is 3.07. The van der Waals surface area contributed by atoms with E-state index in [4.69, 9.17) is 32.7 Å². The Labute approximate surface area is 157 Å². The number of aromatic nitrogens is 2.